The highest BCUT2D eigenvalue weighted by Crippen LogP contribution is 2.32. The summed E-state index contributed by atoms with van der Waals surface area (Å²) in [7, 11) is 0. The lowest BCUT2D eigenvalue weighted by atomic mass is 10.1. The van der Waals surface area contributed by atoms with Crippen LogP contribution in [-0.2, 0) is 11.0 Å². The number of amides is 3. The van der Waals surface area contributed by atoms with E-state index in [0.29, 0.717) is 42.5 Å². The molecule has 1 saturated heterocycles. The highest BCUT2D eigenvalue weighted by molar-refractivity contribution is 5.99. The van der Waals surface area contributed by atoms with E-state index in [2.05, 4.69) is 20.6 Å². The zero-order valence-corrected chi connectivity index (χ0v) is 19.5. The van der Waals surface area contributed by atoms with Crippen LogP contribution in [0.15, 0.2) is 54.9 Å². The first-order chi connectivity index (χ1) is 17.5. The van der Waals surface area contributed by atoms with E-state index in [1.165, 1.54) is 30.2 Å². The molecule has 37 heavy (non-hydrogen) atoms. The second kappa shape index (κ2) is 10.2. The number of hydrogen-bond donors (Lipinski definition) is 3. The summed E-state index contributed by atoms with van der Waals surface area (Å²) in [6.45, 7) is 1.57. The lowest BCUT2D eigenvalue weighted by Gasteiger charge is -2.24. The van der Waals surface area contributed by atoms with E-state index >= 15 is 0 Å². The molecule has 9 nitrogen and oxygen atoms in total. The van der Waals surface area contributed by atoms with E-state index in [1.54, 1.807) is 24.3 Å². The average Bonchev–Trinajstić information content (AvgIpc) is 3.34. The second-order valence-electron chi connectivity index (χ2n) is 8.47. The Kier molecular flexibility index (Phi) is 7.09. The number of nitrogens with one attached hydrogen (secondary N) is 2. The summed E-state index contributed by atoms with van der Waals surface area (Å²) < 4.78 is 38.9. The normalized spacial score (nSPS) is 15.4. The number of carboxylic acids is 1. The van der Waals surface area contributed by atoms with Crippen molar-refractivity contribution >= 4 is 29.4 Å². The minimum Gasteiger partial charge on any atom is -0.478 e. The first-order valence-corrected chi connectivity index (χ1v) is 11.2. The van der Waals surface area contributed by atoms with Gasteiger partial charge in [-0.15, -0.1) is 0 Å². The molecular weight excluding hydrogens is 491 g/mol. The van der Waals surface area contributed by atoms with Crippen molar-refractivity contribution in [2.45, 2.75) is 32.0 Å². The van der Waals surface area contributed by atoms with Crippen LogP contribution in [0.1, 0.15) is 34.3 Å². The molecule has 4 rings (SSSR count). The summed E-state index contributed by atoms with van der Waals surface area (Å²) in [6.07, 6.45) is -1.44. The fraction of sp³-hybridized carbons (Fsp3) is 0.240. The van der Waals surface area contributed by atoms with Gasteiger partial charge in [-0.25, -0.2) is 14.6 Å². The van der Waals surface area contributed by atoms with Crippen LogP contribution in [0.2, 0.25) is 0 Å². The number of carboxylic acid groups (broad SMARTS) is 1. The number of carbonyl (C=O) groups excluding carboxylic acids is 2. The Balaban J connectivity index is 1.39. The molecule has 0 unspecified atom stereocenters. The number of aryl methyl sites for hydroxylation is 1. The summed E-state index contributed by atoms with van der Waals surface area (Å²) in [6, 6.07) is 9.23. The Hall–Kier alpha value is -4.48. The molecule has 1 fully saturated rings. The highest BCUT2D eigenvalue weighted by atomic mass is 19.4. The smallest absolute Gasteiger partial charge is 0.418 e. The van der Waals surface area contributed by atoms with Gasteiger partial charge in [0.2, 0.25) is 5.91 Å². The van der Waals surface area contributed by atoms with Gasteiger partial charge in [0.15, 0.2) is 0 Å². The molecule has 3 heterocycles. The van der Waals surface area contributed by atoms with Crippen molar-refractivity contribution in [3.8, 4) is 11.3 Å². The number of halogens is 3. The van der Waals surface area contributed by atoms with Crippen LogP contribution in [0.4, 0.5) is 29.5 Å². The number of carbonyl (C=O) groups is 3. The number of urea groups is 1. The number of nitrogens with zero attached hydrogens (tertiary/aromatic N) is 3. The van der Waals surface area contributed by atoms with Crippen LogP contribution >= 0.6 is 0 Å². The summed E-state index contributed by atoms with van der Waals surface area (Å²) >= 11 is 0. The lowest BCUT2D eigenvalue weighted by molar-refractivity contribution is -0.138. The predicted molar refractivity (Wildman–Crippen MR) is 128 cm³/mol. The van der Waals surface area contributed by atoms with Gasteiger partial charge in [-0.05, 0) is 55.7 Å². The van der Waals surface area contributed by atoms with E-state index in [0.717, 1.165) is 6.07 Å². The monoisotopic (exact) mass is 513 g/mol. The molecule has 1 aliphatic rings. The molecule has 0 saturated carbocycles. The molecule has 3 amide bonds. The zero-order chi connectivity index (χ0) is 26.7. The van der Waals surface area contributed by atoms with Gasteiger partial charge in [0, 0.05) is 18.3 Å². The third kappa shape index (κ3) is 5.85. The largest absolute Gasteiger partial charge is 0.478 e. The molecule has 1 atom stereocenters. The van der Waals surface area contributed by atoms with Crippen LogP contribution in [0.25, 0.3) is 11.3 Å². The first kappa shape index (κ1) is 25.6. The molecule has 0 spiro atoms. The van der Waals surface area contributed by atoms with Crippen LogP contribution in [0.5, 0.6) is 0 Å². The number of rotatable bonds is 5. The van der Waals surface area contributed by atoms with Crippen LogP contribution in [-0.4, -0.2) is 50.5 Å². The van der Waals surface area contributed by atoms with Crippen molar-refractivity contribution in [2.24, 2.45) is 0 Å². The Labute approximate surface area is 209 Å². The zero-order valence-electron chi connectivity index (χ0n) is 19.5. The Morgan fingerprint density at radius 3 is 2.35 bits per heavy atom. The molecule has 192 valence electrons. The van der Waals surface area contributed by atoms with Crippen molar-refractivity contribution in [1.29, 1.82) is 0 Å². The van der Waals surface area contributed by atoms with E-state index in [9.17, 15) is 27.6 Å². The summed E-state index contributed by atoms with van der Waals surface area (Å²) in [5, 5.41) is 14.2. The SMILES string of the molecule is Cc1cc(NC(=O)N2CCC[C@@H]2C(=O)Nc2ccc(-c3ccc(C(=O)O)cc3)nc2)ncc1C(F)(F)F. The standard InChI is InChI=1S/C25H22F3N5O4/c1-14-11-21(30-13-18(14)25(26,27)28)32-24(37)33-10-2-3-20(33)22(34)31-17-8-9-19(29-12-17)15-4-6-16(7-5-15)23(35)36/h4-9,11-13,20H,2-3,10H2,1H3,(H,31,34)(H,35,36)(H,30,32,37)/t20-/m1/s1. The topological polar surface area (TPSA) is 125 Å². The lowest BCUT2D eigenvalue weighted by Crippen LogP contribution is -2.45. The van der Waals surface area contributed by atoms with Gasteiger partial charge < -0.3 is 15.3 Å². The summed E-state index contributed by atoms with van der Waals surface area (Å²) in [4.78, 5) is 46.0. The number of anilines is 2. The van der Waals surface area contributed by atoms with E-state index in [-0.39, 0.29) is 16.9 Å². The maximum atomic E-state index is 13.0. The van der Waals surface area contributed by atoms with Crippen molar-refractivity contribution in [2.75, 3.05) is 17.2 Å². The molecule has 12 heteroatoms. The van der Waals surface area contributed by atoms with Crippen molar-refractivity contribution in [3.05, 3.63) is 71.5 Å². The minimum absolute atomic E-state index is 0.0438. The number of alkyl halides is 3. The fourth-order valence-corrected chi connectivity index (χ4v) is 4.03. The predicted octanol–water partition coefficient (Wildman–Crippen LogP) is 4.80. The highest BCUT2D eigenvalue weighted by Gasteiger charge is 2.35. The summed E-state index contributed by atoms with van der Waals surface area (Å²) in [5.41, 5.74) is 0.873. The molecule has 1 aromatic carbocycles. The van der Waals surface area contributed by atoms with Gasteiger partial charge in [0.25, 0.3) is 0 Å². The Morgan fingerprint density at radius 2 is 1.76 bits per heavy atom. The number of pyridine rings is 2. The maximum absolute atomic E-state index is 13.0. The average molecular weight is 513 g/mol. The molecule has 2 aromatic heterocycles. The third-order valence-electron chi connectivity index (χ3n) is 5.93. The number of likely N-dealkylation sites (tertiary alicyclic amines) is 1. The van der Waals surface area contributed by atoms with E-state index in [4.69, 9.17) is 5.11 Å². The third-order valence-corrected chi connectivity index (χ3v) is 5.93. The first-order valence-electron chi connectivity index (χ1n) is 11.2. The van der Waals surface area contributed by atoms with Gasteiger partial charge in [-0.3, -0.25) is 15.1 Å². The van der Waals surface area contributed by atoms with Gasteiger partial charge in [-0.1, -0.05) is 12.1 Å². The van der Waals surface area contributed by atoms with Crippen LogP contribution < -0.4 is 10.6 Å². The van der Waals surface area contributed by atoms with E-state index < -0.39 is 35.7 Å². The Morgan fingerprint density at radius 1 is 1.03 bits per heavy atom. The summed E-state index contributed by atoms with van der Waals surface area (Å²) in [5.74, 6) is -1.50. The molecule has 0 aliphatic carbocycles. The molecule has 0 bridgehead atoms. The van der Waals surface area contributed by atoms with Gasteiger partial charge in [0.1, 0.15) is 11.9 Å². The van der Waals surface area contributed by atoms with Crippen molar-refractivity contribution in [1.82, 2.24) is 14.9 Å². The van der Waals surface area contributed by atoms with Crippen molar-refractivity contribution in [3.63, 3.8) is 0 Å². The minimum atomic E-state index is -4.55. The van der Waals surface area contributed by atoms with E-state index in [1.807, 2.05) is 0 Å². The second-order valence-corrected chi connectivity index (χ2v) is 8.47. The molecular formula is C25H22F3N5O4. The molecule has 3 N–H and O–H groups in total. The van der Waals surface area contributed by atoms with Gasteiger partial charge in [-0.2, -0.15) is 13.2 Å². The molecule has 3 aromatic rings. The number of hydrogen-bond acceptors (Lipinski definition) is 5. The quantitative estimate of drug-likeness (QED) is 0.450. The Bertz CT molecular complexity index is 1330. The van der Waals surface area contributed by atoms with Gasteiger partial charge >= 0.3 is 18.2 Å². The van der Waals surface area contributed by atoms with Crippen LogP contribution in [0.3, 0.4) is 0 Å². The molecule has 0 radical (unpaired) electrons. The number of aromatic carboxylic acids is 1. The van der Waals surface area contributed by atoms with Gasteiger partial charge in [0.05, 0.1) is 28.7 Å². The van der Waals surface area contributed by atoms with Crippen molar-refractivity contribution < 1.29 is 32.7 Å². The number of aromatic nitrogens is 2. The molecule has 1 aliphatic heterocycles. The maximum Gasteiger partial charge on any atom is 0.418 e. The number of benzene rings is 1. The fourth-order valence-electron chi connectivity index (χ4n) is 4.03. The van der Waals surface area contributed by atoms with Crippen LogP contribution in [0, 0.1) is 6.92 Å².